The Labute approximate surface area is 164 Å². The third-order valence-corrected chi connectivity index (χ3v) is 4.05. The Kier molecular flexibility index (Phi) is 8.04. The van der Waals surface area contributed by atoms with E-state index in [-0.39, 0.29) is 24.3 Å². The number of hydrogen-bond acceptors (Lipinski definition) is 8. The zero-order valence-corrected chi connectivity index (χ0v) is 16.7. The summed E-state index contributed by atoms with van der Waals surface area (Å²) in [4.78, 5) is 14.7. The standard InChI is InChI=1S/C19H28N4O5/c1-12(2)10-27-11-16(24)9-20-17(13(3)4)19-21-18(22-28-19)14-5-7-15(8-6-14)23(25)26/h5-8,12-13,16-17,20,24H,9-11H2,1-4H3/t16-,17-/m0/s1. The average molecular weight is 392 g/mol. The second kappa shape index (κ2) is 10.3. The molecule has 2 N–H and O–H groups in total. The Morgan fingerprint density at radius 2 is 1.89 bits per heavy atom. The van der Waals surface area contributed by atoms with Crippen molar-refractivity contribution in [1.82, 2.24) is 15.5 Å². The summed E-state index contributed by atoms with van der Waals surface area (Å²) in [5.41, 5.74) is 0.632. The average Bonchev–Trinajstić information content (AvgIpc) is 3.11. The Balaban J connectivity index is 1.99. The third kappa shape index (κ3) is 6.36. The SMILES string of the molecule is CC(C)COC[C@@H](O)CN[C@H](c1nc(-c2ccc([N+](=O)[O-])cc2)no1)C(C)C. The van der Waals surface area contributed by atoms with Gasteiger partial charge in [0.1, 0.15) is 0 Å². The number of hydrogen-bond donors (Lipinski definition) is 2. The fourth-order valence-electron chi connectivity index (χ4n) is 2.58. The number of nitrogens with one attached hydrogen (secondary N) is 1. The molecule has 9 heteroatoms. The molecular formula is C19H28N4O5. The molecule has 0 radical (unpaired) electrons. The second-order valence-corrected chi connectivity index (χ2v) is 7.48. The molecule has 2 rings (SSSR count). The van der Waals surface area contributed by atoms with Gasteiger partial charge in [-0.25, -0.2) is 0 Å². The van der Waals surface area contributed by atoms with Gasteiger partial charge in [0.2, 0.25) is 11.7 Å². The fraction of sp³-hybridized carbons (Fsp3) is 0.579. The molecule has 0 amide bonds. The first kappa shape index (κ1) is 21.9. The Morgan fingerprint density at radius 3 is 2.46 bits per heavy atom. The summed E-state index contributed by atoms with van der Waals surface area (Å²) in [5.74, 6) is 1.32. The number of aliphatic hydroxyl groups excluding tert-OH is 1. The van der Waals surface area contributed by atoms with Gasteiger partial charge in [0.05, 0.1) is 23.7 Å². The van der Waals surface area contributed by atoms with Crippen molar-refractivity contribution in [3.05, 3.63) is 40.3 Å². The van der Waals surface area contributed by atoms with E-state index in [0.29, 0.717) is 36.3 Å². The smallest absolute Gasteiger partial charge is 0.269 e. The van der Waals surface area contributed by atoms with Crippen molar-refractivity contribution >= 4 is 5.69 Å². The van der Waals surface area contributed by atoms with Crippen LogP contribution in [0.2, 0.25) is 0 Å². The predicted molar refractivity (Wildman–Crippen MR) is 104 cm³/mol. The Bertz CT molecular complexity index is 745. The molecule has 0 aliphatic carbocycles. The zero-order valence-electron chi connectivity index (χ0n) is 16.7. The summed E-state index contributed by atoms with van der Waals surface area (Å²) in [6.45, 7) is 9.32. The Hall–Kier alpha value is -2.36. The number of nitro groups is 1. The largest absolute Gasteiger partial charge is 0.389 e. The first-order valence-electron chi connectivity index (χ1n) is 9.35. The predicted octanol–water partition coefficient (Wildman–Crippen LogP) is 2.97. The topological polar surface area (TPSA) is 124 Å². The van der Waals surface area contributed by atoms with Gasteiger partial charge in [0.25, 0.3) is 5.69 Å². The number of nitro benzene ring substituents is 1. The minimum absolute atomic E-state index is 0.00265. The van der Waals surface area contributed by atoms with Crippen LogP contribution in [0.5, 0.6) is 0 Å². The summed E-state index contributed by atoms with van der Waals surface area (Å²) < 4.78 is 10.8. The van der Waals surface area contributed by atoms with E-state index in [1.807, 2.05) is 13.8 Å². The summed E-state index contributed by atoms with van der Waals surface area (Å²) >= 11 is 0. The van der Waals surface area contributed by atoms with Crippen LogP contribution >= 0.6 is 0 Å². The number of benzene rings is 1. The lowest BCUT2D eigenvalue weighted by atomic mass is 10.0. The molecule has 1 heterocycles. The molecule has 0 spiro atoms. The van der Waals surface area contributed by atoms with Crippen molar-refractivity contribution in [2.24, 2.45) is 11.8 Å². The van der Waals surface area contributed by atoms with Gasteiger partial charge < -0.3 is 19.7 Å². The van der Waals surface area contributed by atoms with Gasteiger partial charge in [-0.1, -0.05) is 32.9 Å². The van der Waals surface area contributed by atoms with E-state index >= 15 is 0 Å². The molecule has 9 nitrogen and oxygen atoms in total. The van der Waals surface area contributed by atoms with E-state index in [1.54, 1.807) is 12.1 Å². The quantitative estimate of drug-likeness (QED) is 0.442. The van der Waals surface area contributed by atoms with Crippen LogP contribution in [-0.2, 0) is 4.74 Å². The van der Waals surface area contributed by atoms with Gasteiger partial charge in [0, 0.05) is 30.8 Å². The fourth-order valence-corrected chi connectivity index (χ4v) is 2.58. The van der Waals surface area contributed by atoms with Crippen LogP contribution in [0.25, 0.3) is 11.4 Å². The van der Waals surface area contributed by atoms with E-state index in [2.05, 4.69) is 29.3 Å². The second-order valence-electron chi connectivity index (χ2n) is 7.48. The Morgan fingerprint density at radius 1 is 1.21 bits per heavy atom. The van der Waals surface area contributed by atoms with Gasteiger partial charge in [-0.05, 0) is 24.0 Å². The van der Waals surface area contributed by atoms with Crippen molar-refractivity contribution in [2.75, 3.05) is 19.8 Å². The molecule has 0 saturated carbocycles. The van der Waals surface area contributed by atoms with Crippen molar-refractivity contribution in [2.45, 2.75) is 39.8 Å². The van der Waals surface area contributed by atoms with Crippen LogP contribution in [0.15, 0.2) is 28.8 Å². The molecule has 0 bridgehead atoms. The first-order valence-corrected chi connectivity index (χ1v) is 9.35. The van der Waals surface area contributed by atoms with Crippen molar-refractivity contribution in [3.63, 3.8) is 0 Å². The van der Waals surface area contributed by atoms with Crippen LogP contribution in [0.1, 0.15) is 39.6 Å². The number of nitrogens with zero attached hydrogens (tertiary/aromatic N) is 3. The van der Waals surface area contributed by atoms with Crippen LogP contribution in [-0.4, -0.2) is 46.0 Å². The first-order chi connectivity index (χ1) is 13.3. The van der Waals surface area contributed by atoms with Crippen molar-refractivity contribution in [1.29, 1.82) is 0 Å². The van der Waals surface area contributed by atoms with E-state index in [9.17, 15) is 15.2 Å². The van der Waals surface area contributed by atoms with Crippen molar-refractivity contribution < 1.29 is 19.3 Å². The van der Waals surface area contributed by atoms with E-state index in [0.717, 1.165) is 0 Å². The minimum Gasteiger partial charge on any atom is -0.389 e. The molecule has 2 aromatic rings. The number of aromatic nitrogens is 2. The molecular weight excluding hydrogens is 364 g/mol. The third-order valence-electron chi connectivity index (χ3n) is 4.05. The zero-order chi connectivity index (χ0) is 20.7. The lowest BCUT2D eigenvalue weighted by Crippen LogP contribution is -2.35. The summed E-state index contributed by atoms with van der Waals surface area (Å²) in [5, 5.41) is 28.1. The van der Waals surface area contributed by atoms with Gasteiger partial charge in [-0.15, -0.1) is 0 Å². The number of aliphatic hydroxyl groups is 1. The van der Waals surface area contributed by atoms with E-state index < -0.39 is 11.0 Å². The molecule has 0 fully saturated rings. The van der Waals surface area contributed by atoms with E-state index in [1.165, 1.54) is 12.1 Å². The maximum absolute atomic E-state index is 10.8. The molecule has 28 heavy (non-hydrogen) atoms. The minimum atomic E-state index is -0.642. The van der Waals surface area contributed by atoms with Crippen molar-refractivity contribution in [3.8, 4) is 11.4 Å². The number of ether oxygens (including phenoxy) is 1. The monoisotopic (exact) mass is 392 g/mol. The molecule has 0 aliphatic rings. The molecule has 0 unspecified atom stereocenters. The number of non-ortho nitro benzene ring substituents is 1. The molecule has 1 aromatic heterocycles. The van der Waals surface area contributed by atoms with Gasteiger partial charge in [-0.3, -0.25) is 10.1 Å². The van der Waals surface area contributed by atoms with E-state index in [4.69, 9.17) is 9.26 Å². The summed E-state index contributed by atoms with van der Waals surface area (Å²) in [7, 11) is 0. The molecule has 2 atom stereocenters. The van der Waals surface area contributed by atoms with Gasteiger partial charge in [-0.2, -0.15) is 4.98 Å². The molecule has 1 aromatic carbocycles. The highest BCUT2D eigenvalue weighted by molar-refractivity contribution is 5.56. The highest BCUT2D eigenvalue weighted by Gasteiger charge is 2.23. The summed E-state index contributed by atoms with van der Waals surface area (Å²) in [6.07, 6.45) is -0.642. The molecule has 0 saturated heterocycles. The lowest BCUT2D eigenvalue weighted by Gasteiger charge is -2.21. The maximum Gasteiger partial charge on any atom is 0.269 e. The maximum atomic E-state index is 10.8. The summed E-state index contributed by atoms with van der Waals surface area (Å²) in [6, 6.07) is 5.73. The highest BCUT2D eigenvalue weighted by atomic mass is 16.6. The van der Waals surface area contributed by atoms with Crippen LogP contribution in [0, 0.1) is 22.0 Å². The van der Waals surface area contributed by atoms with Gasteiger partial charge in [0.15, 0.2) is 0 Å². The van der Waals surface area contributed by atoms with Crippen LogP contribution < -0.4 is 5.32 Å². The molecule has 154 valence electrons. The lowest BCUT2D eigenvalue weighted by molar-refractivity contribution is -0.384. The normalized spacial score (nSPS) is 13.8. The highest BCUT2D eigenvalue weighted by Crippen LogP contribution is 2.24. The van der Waals surface area contributed by atoms with Crippen LogP contribution in [0.3, 0.4) is 0 Å². The van der Waals surface area contributed by atoms with Crippen LogP contribution in [0.4, 0.5) is 5.69 Å². The molecule has 0 aliphatic heterocycles. The number of rotatable bonds is 11. The van der Waals surface area contributed by atoms with Gasteiger partial charge >= 0.3 is 0 Å².